The van der Waals surface area contributed by atoms with Crippen molar-refractivity contribution in [1.29, 1.82) is 0 Å². The van der Waals surface area contributed by atoms with Crippen LogP contribution in [0.2, 0.25) is 0 Å². The lowest BCUT2D eigenvalue weighted by Crippen LogP contribution is -1.98. The van der Waals surface area contributed by atoms with E-state index in [9.17, 15) is 8.42 Å². The Morgan fingerprint density at radius 1 is 1.20 bits per heavy atom. The quantitative estimate of drug-likeness (QED) is 0.724. The van der Waals surface area contributed by atoms with Crippen molar-refractivity contribution in [2.75, 3.05) is 12.9 Å². The average Bonchev–Trinajstić information content (AvgIpc) is 2.18. The zero-order valence-corrected chi connectivity index (χ0v) is 9.88. The van der Waals surface area contributed by atoms with E-state index in [4.69, 9.17) is 4.74 Å². The van der Waals surface area contributed by atoms with Crippen LogP contribution in [0.4, 0.5) is 0 Å². The Morgan fingerprint density at radius 3 is 2.27 bits per heavy atom. The summed E-state index contributed by atoms with van der Waals surface area (Å²) in [5.74, 6) is 0. The van der Waals surface area contributed by atoms with Gasteiger partial charge in [-0.2, -0.15) is 0 Å². The molecule has 0 radical (unpaired) electrons. The van der Waals surface area contributed by atoms with Gasteiger partial charge in [-0.1, -0.05) is 19.1 Å². The zero-order chi connectivity index (χ0) is 11.3. The first-order valence-corrected chi connectivity index (χ1v) is 6.80. The van der Waals surface area contributed by atoms with Gasteiger partial charge in [-0.3, -0.25) is 0 Å². The minimum Gasteiger partial charge on any atom is -0.377 e. The number of benzene rings is 1. The van der Waals surface area contributed by atoms with Crippen LogP contribution in [-0.2, 0) is 21.2 Å². The minimum atomic E-state index is -3.09. The summed E-state index contributed by atoms with van der Waals surface area (Å²) in [4.78, 5) is 0.349. The first-order chi connectivity index (χ1) is 7.04. The van der Waals surface area contributed by atoms with Gasteiger partial charge in [0.2, 0.25) is 0 Å². The third kappa shape index (κ3) is 4.01. The van der Waals surface area contributed by atoms with Crippen molar-refractivity contribution < 1.29 is 13.2 Å². The number of sulfone groups is 1. The summed E-state index contributed by atoms with van der Waals surface area (Å²) in [5, 5.41) is 0. The second-order valence-corrected chi connectivity index (χ2v) is 5.48. The lowest BCUT2D eigenvalue weighted by molar-refractivity contribution is 0.121. The van der Waals surface area contributed by atoms with E-state index < -0.39 is 9.84 Å². The van der Waals surface area contributed by atoms with Crippen molar-refractivity contribution >= 4 is 9.84 Å². The van der Waals surface area contributed by atoms with Crippen LogP contribution in [0.25, 0.3) is 0 Å². The van der Waals surface area contributed by atoms with Gasteiger partial charge in [0.15, 0.2) is 9.84 Å². The van der Waals surface area contributed by atoms with Gasteiger partial charge in [0.05, 0.1) is 11.5 Å². The van der Waals surface area contributed by atoms with E-state index >= 15 is 0 Å². The summed E-state index contributed by atoms with van der Waals surface area (Å²) in [5.41, 5.74) is 0.996. The fourth-order valence-corrected chi connectivity index (χ4v) is 1.80. The first kappa shape index (κ1) is 12.2. The van der Waals surface area contributed by atoms with Crippen LogP contribution in [0.3, 0.4) is 0 Å². The van der Waals surface area contributed by atoms with Crippen molar-refractivity contribution in [3.05, 3.63) is 29.8 Å². The normalized spacial score (nSPS) is 11.6. The molecule has 0 N–H and O–H groups in total. The summed E-state index contributed by atoms with van der Waals surface area (Å²) in [6.07, 6.45) is 2.19. The predicted octanol–water partition coefficient (Wildman–Crippen LogP) is 2.02. The maximum Gasteiger partial charge on any atom is 0.175 e. The lowest BCUT2D eigenvalue weighted by atomic mass is 10.2. The molecule has 84 valence electrons. The molecular formula is C11H16O3S. The molecule has 0 aromatic heterocycles. The topological polar surface area (TPSA) is 43.4 Å². The molecule has 0 amide bonds. The largest absolute Gasteiger partial charge is 0.377 e. The highest BCUT2D eigenvalue weighted by Crippen LogP contribution is 2.10. The van der Waals surface area contributed by atoms with E-state index in [1.807, 2.05) is 6.92 Å². The van der Waals surface area contributed by atoms with E-state index in [1.54, 1.807) is 24.3 Å². The molecule has 0 saturated heterocycles. The van der Waals surface area contributed by atoms with Gasteiger partial charge < -0.3 is 4.74 Å². The number of rotatable bonds is 5. The van der Waals surface area contributed by atoms with Crippen molar-refractivity contribution in [2.24, 2.45) is 0 Å². The van der Waals surface area contributed by atoms with Crippen LogP contribution in [0.1, 0.15) is 18.9 Å². The van der Waals surface area contributed by atoms with Crippen molar-refractivity contribution in [3.8, 4) is 0 Å². The fraction of sp³-hybridized carbons (Fsp3) is 0.455. The van der Waals surface area contributed by atoms with Crippen LogP contribution in [0.5, 0.6) is 0 Å². The molecular weight excluding hydrogens is 212 g/mol. The molecule has 0 aliphatic heterocycles. The van der Waals surface area contributed by atoms with Crippen molar-refractivity contribution in [1.82, 2.24) is 0 Å². The molecule has 15 heavy (non-hydrogen) atoms. The van der Waals surface area contributed by atoms with E-state index in [0.717, 1.165) is 18.6 Å². The van der Waals surface area contributed by atoms with Crippen molar-refractivity contribution in [3.63, 3.8) is 0 Å². The molecule has 0 fully saturated rings. The molecule has 0 spiro atoms. The van der Waals surface area contributed by atoms with E-state index in [0.29, 0.717) is 11.5 Å². The second kappa shape index (κ2) is 5.28. The van der Waals surface area contributed by atoms with Crippen LogP contribution in [-0.4, -0.2) is 21.3 Å². The SMILES string of the molecule is CCCOCc1ccc(S(C)(=O)=O)cc1. The Morgan fingerprint density at radius 2 is 1.80 bits per heavy atom. The third-order valence-corrected chi connectivity index (χ3v) is 3.10. The first-order valence-electron chi connectivity index (χ1n) is 4.91. The van der Waals surface area contributed by atoms with Gasteiger partial charge in [0.1, 0.15) is 0 Å². The van der Waals surface area contributed by atoms with Gasteiger partial charge in [0.25, 0.3) is 0 Å². The molecule has 0 aliphatic carbocycles. The average molecular weight is 228 g/mol. The standard InChI is InChI=1S/C11H16O3S/c1-3-8-14-9-10-4-6-11(7-5-10)15(2,12)13/h4-7H,3,8-9H2,1-2H3. The van der Waals surface area contributed by atoms with Gasteiger partial charge in [0, 0.05) is 12.9 Å². The van der Waals surface area contributed by atoms with Crippen LogP contribution >= 0.6 is 0 Å². The molecule has 0 unspecified atom stereocenters. The Balaban J connectivity index is 2.65. The molecule has 0 saturated carbocycles. The molecule has 1 rings (SSSR count). The van der Waals surface area contributed by atoms with Gasteiger partial charge in [-0.05, 0) is 24.1 Å². The maximum atomic E-state index is 11.2. The lowest BCUT2D eigenvalue weighted by Gasteiger charge is -2.03. The molecule has 0 aliphatic rings. The van der Waals surface area contributed by atoms with Gasteiger partial charge >= 0.3 is 0 Å². The fourth-order valence-electron chi connectivity index (χ4n) is 1.17. The number of hydrogen-bond acceptors (Lipinski definition) is 3. The summed E-state index contributed by atoms with van der Waals surface area (Å²) in [6, 6.07) is 6.79. The Labute approximate surface area is 91.0 Å². The highest BCUT2D eigenvalue weighted by atomic mass is 32.2. The Hall–Kier alpha value is -0.870. The summed E-state index contributed by atoms with van der Waals surface area (Å²) >= 11 is 0. The highest BCUT2D eigenvalue weighted by molar-refractivity contribution is 7.90. The number of hydrogen-bond donors (Lipinski definition) is 0. The van der Waals surface area contributed by atoms with Gasteiger partial charge in [-0.15, -0.1) is 0 Å². The molecule has 0 bridgehead atoms. The Kier molecular flexibility index (Phi) is 4.29. The van der Waals surface area contributed by atoms with Crippen LogP contribution < -0.4 is 0 Å². The smallest absolute Gasteiger partial charge is 0.175 e. The van der Waals surface area contributed by atoms with E-state index in [1.165, 1.54) is 6.26 Å². The van der Waals surface area contributed by atoms with Crippen LogP contribution in [0, 0.1) is 0 Å². The number of ether oxygens (including phenoxy) is 1. The zero-order valence-electron chi connectivity index (χ0n) is 9.06. The molecule has 4 heteroatoms. The van der Waals surface area contributed by atoms with Crippen molar-refractivity contribution in [2.45, 2.75) is 24.8 Å². The summed E-state index contributed by atoms with van der Waals surface area (Å²) in [7, 11) is -3.09. The second-order valence-electron chi connectivity index (χ2n) is 3.47. The van der Waals surface area contributed by atoms with Crippen LogP contribution in [0.15, 0.2) is 29.2 Å². The maximum absolute atomic E-state index is 11.2. The molecule has 1 aromatic carbocycles. The molecule has 0 heterocycles. The van der Waals surface area contributed by atoms with Gasteiger partial charge in [-0.25, -0.2) is 8.42 Å². The van der Waals surface area contributed by atoms with E-state index in [-0.39, 0.29) is 0 Å². The third-order valence-electron chi connectivity index (χ3n) is 1.97. The Bertz CT molecular complexity index is 392. The summed E-state index contributed by atoms with van der Waals surface area (Å²) < 4.78 is 27.7. The molecule has 1 aromatic rings. The van der Waals surface area contributed by atoms with E-state index in [2.05, 4.69) is 0 Å². The minimum absolute atomic E-state index is 0.349. The monoisotopic (exact) mass is 228 g/mol. The molecule has 3 nitrogen and oxygen atoms in total. The predicted molar refractivity (Wildman–Crippen MR) is 59.5 cm³/mol. The molecule has 0 atom stereocenters. The highest BCUT2D eigenvalue weighted by Gasteiger charge is 2.05. The summed E-state index contributed by atoms with van der Waals surface area (Å²) in [6.45, 7) is 3.32.